The average molecular weight is 256 g/mol. The molecule has 0 fully saturated rings. The molecule has 3 heteroatoms. The zero-order valence-electron chi connectivity index (χ0n) is 11.6. The zero-order valence-corrected chi connectivity index (χ0v) is 11.6. The van der Waals surface area contributed by atoms with Gasteiger partial charge < -0.3 is 10.4 Å². The molecule has 2 rings (SSSR count). The van der Waals surface area contributed by atoms with Crippen molar-refractivity contribution in [2.24, 2.45) is 0 Å². The molecule has 0 saturated heterocycles. The Morgan fingerprint density at radius 3 is 2.47 bits per heavy atom. The van der Waals surface area contributed by atoms with Gasteiger partial charge in [0.2, 0.25) is 0 Å². The number of aromatic nitrogens is 1. The Balaban J connectivity index is 2.03. The number of nitrogens with zero attached hydrogens (tertiary/aromatic N) is 1. The molecule has 0 unspecified atom stereocenters. The Hall–Kier alpha value is -1.87. The highest BCUT2D eigenvalue weighted by Gasteiger charge is 2.07. The Morgan fingerprint density at radius 1 is 1.21 bits per heavy atom. The standard InChI is InChI=1S/C16H20N2O/c1-11-8-14(9-12(2)16(11)19)10-18-13(3)15-6-4-5-7-17-15/h4-9,13,18-19H,10H2,1-3H3/t13-/m1/s1. The summed E-state index contributed by atoms with van der Waals surface area (Å²) >= 11 is 0. The van der Waals surface area contributed by atoms with Gasteiger partial charge in [-0.2, -0.15) is 0 Å². The van der Waals surface area contributed by atoms with E-state index in [9.17, 15) is 5.11 Å². The lowest BCUT2D eigenvalue weighted by molar-refractivity contribution is 0.466. The molecule has 0 bridgehead atoms. The van der Waals surface area contributed by atoms with Crippen molar-refractivity contribution in [2.75, 3.05) is 0 Å². The summed E-state index contributed by atoms with van der Waals surface area (Å²) in [5.74, 6) is 0.390. The molecule has 1 heterocycles. The van der Waals surface area contributed by atoms with Crippen LogP contribution in [0.3, 0.4) is 0 Å². The molecule has 0 amide bonds. The molecule has 2 aromatic rings. The molecule has 19 heavy (non-hydrogen) atoms. The molecule has 0 spiro atoms. The predicted octanol–water partition coefficient (Wildman–Crippen LogP) is 3.25. The summed E-state index contributed by atoms with van der Waals surface area (Å²) in [6.45, 7) is 6.71. The van der Waals surface area contributed by atoms with Crippen LogP contribution in [0.4, 0.5) is 0 Å². The maximum absolute atomic E-state index is 9.76. The van der Waals surface area contributed by atoms with Gasteiger partial charge in [-0.1, -0.05) is 18.2 Å². The molecule has 1 atom stereocenters. The lowest BCUT2D eigenvalue weighted by Gasteiger charge is -2.14. The van der Waals surface area contributed by atoms with E-state index in [-0.39, 0.29) is 6.04 Å². The number of phenolic OH excluding ortho intramolecular Hbond substituents is 1. The van der Waals surface area contributed by atoms with E-state index in [1.807, 2.05) is 50.4 Å². The number of hydrogen-bond acceptors (Lipinski definition) is 3. The highest BCUT2D eigenvalue weighted by molar-refractivity contribution is 5.42. The first-order valence-electron chi connectivity index (χ1n) is 6.51. The molecule has 0 aliphatic heterocycles. The van der Waals surface area contributed by atoms with E-state index in [1.165, 1.54) is 5.56 Å². The van der Waals surface area contributed by atoms with E-state index >= 15 is 0 Å². The quantitative estimate of drug-likeness (QED) is 0.882. The minimum absolute atomic E-state index is 0.204. The molecule has 1 aromatic carbocycles. The number of hydrogen-bond donors (Lipinski definition) is 2. The fourth-order valence-corrected chi connectivity index (χ4v) is 2.16. The third kappa shape index (κ3) is 3.32. The largest absolute Gasteiger partial charge is 0.507 e. The lowest BCUT2D eigenvalue weighted by atomic mass is 10.1. The number of pyridine rings is 1. The maximum Gasteiger partial charge on any atom is 0.121 e. The van der Waals surface area contributed by atoms with Crippen molar-refractivity contribution in [3.63, 3.8) is 0 Å². The highest BCUT2D eigenvalue weighted by Crippen LogP contribution is 2.23. The van der Waals surface area contributed by atoms with Crippen LogP contribution in [0.15, 0.2) is 36.5 Å². The van der Waals surface area contributed by atoms with Crippen molar-refractivity contribution in [3.8, 4) is 5.75 Å². The first kappa shape index (κ1) is 13.6. The Kier molecular flexibility index (Phi) is 4.17. The van der Waals surface area contributed by atoms with Crippen LogP contribution >= 0.6 is 0 Å². The minimum Gasteiger partial charge on any atom is -0.507 e. The summed E-state index contributed by atoms with van der Waals surface area (Å²) in [5, 5.41) is 13.2. The smallest absolute Gasteiger partial charge is 0.121 e. The van der Waals surface area contributed by atoms with E-state index in [0.717, 1.165) is 23.4 Å². The molecule has 3 nitrogen and oxygen atoms in total. The third-order valence-electron chi connectivity index (χ3n) is 3.29. The van der Waals surface area contributed by atoms with Crippen molar-refractivity contribution in [3.05, 3.63) is 58.9 Å². The van der Waals surface area contributed by atoms with Crippen LogP contribution in [-0.2, 0) is 6.54 Å². The van der Waals surface area contributed by atoms with E-state index in [4.69, 9.17) is 0 Å². The highest BCUT2D eigenvalue weighted by atomic mass is 16.3. The molecule has 100 valence electrons. The van der Waals surface area contributed by atoms with Gasteiger partial charge in [-0.3, -0.25) is 4.98 Å². The SMILES string of the molecule is Cc1cc(CN[C@H](C)c2ccccn2)cc(C)c1O. The van der Waals surface area contributed by atoms with Gasteiger partial charge in [0.25, 0.3) is 0 Å². The maximum atomic E-state index is 9.76. The zero-order chi connectivity index (χ0) is 13.8. The van der Waals surface area contributed by atoms with Gasteiger partial charge >= 0.3 is 0 Å². The van der Waals surface area contributed by atoms with Crippen molar-refractivity contribution < 1.29 is 5.11 Å². The Morgan fingerprint density at radius 2 is 1.89 bits per heavy atom. The summed E-state index contributed by atoms with van der Waals surface area (Å²) in [7, 11) is 0. The van der Waals surface area contributed by atoms with Crippen molar-refractivity contribution >= 4 is 0 Å². The van der Waals surface area contributed by atoms with Gasteiger partial charge in [0.15, 0.2) is 0 Å². The topological polar surface area (TPSA) is 45.2 Å². The fourth-order valence-electron chi connectivity index (χ4n) is 2.16. The number of aromatic hydroxyl groups is 1. The van der Waals surface area contributed by atoms with Gasteiger partial charge in [0, 0.05) is 18.8 Å². The first-order valence-corrected chi connectivity index (χ1v) is 6.51. The second kappa shape index (κ2) is 5.85. The first-order chi connectivity index (χ1) is 9.08. The number of benzene rings is 1. The third-order valence-corrected chi connectivity index (χ3v) is 3.29. The van der Waals surface area contributed by atoms with E-state index in [1.54, 1.807) is 0 Å². The van der Waals surface area contributed by atoms with Crippen LogP contribution in [0.5, 0.6) is 5.75 Å². The van der Waals surface area contributed by atoms with Crippen LogP contribution < -0.4 is 5.32 Å². The molecule has 2 N–H and O–H groups in total. The lowest BCUT2D eigenvalue weighted by Crippen LogP contribution is -2.19. The van der Waals surface area contributed by atoms with Gasteiger partial charge in [0.1, 0.15) is 5.75 Å². The van der Waals surface area contributed by atoms with Crippen LogP contribution in [0, 0.1) is 13.8 Å². The fraction of sp³-hybridized carbons (Fsp3) is 0.312. The summed E-state index contributed by atoms with van der Waals surface area (Å²) in [4.78, 5) is 4.34. The van der Waals surface area contributed by atoms with Crippen LogP contribution in [-0.4, -0.2) is 10.1 Å². The van der Waals surface area contributed by atoms with E-state index in [2.05, 4.69) is 17.2 Å². The second-order valence-electron chi connectivity index (χ2n) is 4.94. The summed E-state index contributed by atoms with van der Waals surface area (Å²) in [6, 6.07) is 10.2. The van der Waals surface area contributed by atoms with E-state index < -0.39 is 0 Å². The Labute approximate surface area is 114 Å². The molecular formula is C16H20N2O. The molecular weight excluding hydrogens is 236 g/mol. The minimum atomic E-state index is 0.204. The molecule has 0 aliphatic carbocycles. The van der Waals surface area contributed by atoms with Crippen molar-refractivity contribution in [1.29, 1.82) is 0 Å². The van der Waals surface area contributed by atoms with Gasteiger partial charge in [-0.25, -0.2) is 0 Å². The molecule has 0 aliphatic rings. The number of rotatable bonds is 4. The molecule has 0 saturated carbocycles. The average Bonchev–Trinajstić information content (AvgIpc) is 2.43. The summed E-state index contributed by atoms with van der Waals surface area (Å²) in [5.41, 5.74) is 4.05. The molecule has 0 radical (unpaired) electrons. The number of aryl methyl sites for hydroxylation is 2. The number of nitrogens with one attached hydrogen (secondary N) is 1. The van der Waals surface area contributed by atoms with E-state index in [0.29, 0.717) is 5.75 Å². The summed E-state index contributed by atoms with van der Waals surface area (Å²) in [6.07, 6.45) is 1.81. The van der Waals surface area contributed by atoms with Crippen molar-refractivity contribution in [1.82, 2.24) is 10.3 Å². The Bertz CT molecular complexity index is 529. The van der Waals surface area contributed by atoms with Gasteiger partial charge in [0.05, 0.1) is 5.69 Å². The molecule has 1 aromatic heterocycles. The van der Waals surface area contributed by atoms with Crippen molar-refractivity contribution in [2.45, 2.75) is 33.4 Å². The summed E-state index contributed by atoms with van der Waals surface area (Å²) < 4.78 is 0. The second-order valence-corrected chi connectivity index (χ2v) is 4.94. The predicted molar refractivity (Wildman–Crippen MR) is 77.1 cm³/mol. The van der Waals surface area contributed by atoms with Crippen LogP contribution in [0.2, 0.25) is 0 Å². The van der Waals surface area contributed by atoms with Crippen LogP contribution in [0.1, 0.15) is 35.3 Å². The van der Waals surface area contributed by atoms with Crippen LogP contribution in [0.25, 0.3) is 0 Å². The normalized spacial score (nSPS) is 12.4. The van der Waals surface area contributed by atoms with Gasteiger partial charge in [-0.05, 0) is 49.6 Å². The number of phenols is 1. The monoisotopic (exact) mass is 256 g/mol. The van der Waals surface area contributed by atoms with Gasteiger partial charge in [-0.15, -0.1) is 0 Å².